The molecule has 3 fully saturated rings. The maximum atomic E-state index is 15.6. The van der Waals surface area contributed by atoms with Crippen molar-refractivity contribution in [3.63, 3.8) is 0 Å². The Hall–Kier alpha value is -3.37. The Morgan fingerprint density at radius 3 is 1.81 bits per heavy atom. The van der Waals surface area contributed by atoms with Gasteiger partial charge in [-0.1, -0.05) is 88.1 Å². The highest BCUT2D eigenvalue weighted by Crippen LogP contribution is 2.58. The van der Waals surface area contributed by atoms with Crippen molar-refractivity contribution in [1.82, 2.24) is 10.6 Å². The lowest BCUT2D eigenvalue weighted by atomic mass is 9.54. The Labute approximate surface area is 345 Å². The summed E-state index contributed by atoms with van der Waals surface area (Å²) in [5.41, 5.74) is 1.12. The van der Waals surface area contributed by atoms with Crippen LogP contribution in [0.4, 0.5) is 0 Å². The van der Waals surface area contributed by atoms with Gasteiger partial charge in [0.1, 0.15) is 17.3 Å². The van der Waals surface area contributed by atoms with Crippen LogP contribution in [0.5, 0.6) is 0 Å². The van der Waals surface area contributed by atoms with Gasteiger partial charge in [-0.25, -0.2) is 0 Å². The standard InChI is InChI=1S/C48H68N2O8/c1-24(2)16-35-40-30(9)28(7)20-33-19-27(6)14-15-37-42-32(22-39(52)47(33,40)43(53)49-35)23-46(56,58-37)38(51)13-11-12-26(5)18-34-21-29(8)31(10)41-36(17-25(3)4)50-44(54)48(34,41)45(55)57-42/h18-21,24-25,30-37,40-42,56H,11-17,22-23H2,1-10H3,(H,49,53)(H,50,54)/t30-,31-,32+,33+,34+,35+,36+,37-,40+,41+,42+,46+,47-,48-/m1/s1. The zero-order valence-electron chi connectivity index (χ0n) is 36.5. The molecule has 318 valence electrons. The van der Waals surface area contributed by atoms with Gasteiger partial charge < -0.3 is 25.2 Å². The van der Waals surface area contributed by atoms with Crippen LogP contribution in [0.25, 0.3) is 0 Å². The molecule has 0 aromatic carbocycles. The first-order valence-corrected chi connectivity index (χ1v) is 22.3. The first-order chi connectivity index (χ1) is 27.2. The fourth-order valence-corrected chi connectivity index (χ4v) is 12.7. The second-order valence-electron chi connectivity index (χ2n) is 20.4. The van der Waals surface area contributed by atoms with Crippen molar-refractivity contribution in [1.29, 1.82) is 0 Å². The van der Waals surface area contributed by atoms with Gasteiger partial charge in [-0.15, -0.1) is 0 Å². The zero-order chi connectivity index (χ0) is 42.2. The van der Waals surface area contributed by atoms with Gasteiger partial charge in [0.15, 0.2) is 11.2 Å². The monoisotopic (exact) mass is 800 g/mol. The van der Waals surface area contributed by atoms with Crippen LogP contribution in [0.15, 0.2) is 46.6 Å². The van der Waals surface area contributed by atoms with Crippen molar-refractivity contribution in [2.24, 2.45) is 64.1 Å². The number of hydrogen-bond donors (Lipinski definition) is 3. The van der Waals surface area contributed by atoms with Crippen LogP contribution in [-0.4, -0.2) is 64.5 Å². The normalized spacial score (nSPS) is 43.3. The third-order valence-corrected chi connectivity index (χ3v) is 15.6. The highest BCUT2D eigenvalue weighted by atomic mass is 16.7. The van der Waals surface area contributed by atoms with Gasteiger partial charge in [0.2, 0.25) is 17.6 Å². The van der Waals surface area contributed by atoms with E-state index in [1.807, 2.05) is 19.9 Å². The Morgan fingerprint density at radius 2 is 1.24 bits per heavy atom. The number of carbonyl (C=O) groups excluding carboxylic acids is 5. The number of Topliss-reactive ketones (excluding diaryl/α,β-unsaturated/α-hetero) is 2. The number of hydrogen-bond acceptors (Lipinski definition) is 8. The molecule has 14 atom stereocenters. The molecule has 10 heteroatoms. The fraction of sp³-hybridized carbons (Fsp3) is 0.729. The van der Waals surface area contributed by atoms with Gasteiger partial charge in [0, 0.05) is 60.9 Å². The molecule has 2 amide bonds. The SMILES string of the molecule is CC1=C[C@H]2C=C(C)[C@@H](C)[C@H]3[C@H](CC(C)C)NC(=O)[C@@]23C(=O)O[C@H]2[C@H]3CC(=O)[C@@]45C(=O)N[C@@H](CC(C)C)[C@@H]4[C@H](C)C(C)=C[C@@H]5C=C(C)CC[C@H]2O[C@@](O)(C3)C(=O)CCC1. The van der Waals surface area contributed by atoms with Crippen molar-refractivity contribution in [2.75, 3.05) is 0 Å². The van der Waals surface area contributed by atoms with Crippen LogP contribution in [0.3, 0.4) is 0 Å². The van der Waals surface area contributed by atoms with Crippen molar-refractivity contribution in [2.45, 2.75) is 157 Å². The number of carbonyl (C=O) groups is 5. The number of fused-ring (bicyclic) bond motifs is 5. The maximum absolute atomic E-state index is 15.6. The van der Waals surface area contributed by atoms with E-state index >= 15 is 9.59 Å². The van der Waals surface area contributed by atoms with Crippen molar-refractivity contribution >= 4 is 29.4 Å². The van der Waals surface area contributed by atoms with Crippen molar-refractivity contribution in [3.8, 4) is 0 Å². The predicted octanol–water partition coefficient (Wildman–Crippen LogP) is 7.11. The molecule has 0 radical (unpaired) electrons. The van der Waals surface area contributed by atoms with Crippen LogP contribution < -0.4 is 10.6 Å². The van der Waals surface area contributed by atoms with E-state index in [9.17, 15) is 19.5 Å². The first kappa shape index (κ1) is 42.7. The molecule has 10 nitrogen and oxygen atoms in total. The molecule has 0 aromatic heterocycles. The minimum absolute atomic E-state index is 0.0503. The number of ether oxygens (including phenoxy) is 2. The molecule has 0 unspecified atom stereocenters. The number of ketones is 2. The molecule has 0 aromatic rings. The molecule has 8 rings (SSSR count). The van der Waals surface area contributed by atoms with E-state index < -0.39 is 64.2 Å². The number of nitrogens with one attached hydrogen (secondary N) is 2. The second-order valence-corrected chi connectivity index (χ2v) is 20.4. The largest absolute Gasteiger partial charge is 0.458 e. The van der Waals surface area contributed by atoms with E-state index in [2.05, 4.69) is 84.3 Å². The van der Waals surface area contributed by atoms with E-state index in [0.717, 1.165) is 28.7 Å². The molecule has 8 aliphatic rings. The van der Waals surface area contributed by atoms with Crippen molar-refractivity contribution < 1.29 is 38.6 Å². The molecule has 2 spiro atoms. The van der Waals surface area contributed by atoms with E-state index in [1.165, 1.54) is 0 Å². The molecule has 3 aliphatic carbocycles. The summed E-state index contributed by atoms with van der Waals surface area (Å²) in [6.07, 6.45) is 8.91. The summed E-state index contributed by atoms with van der Waals surface area (Å²) < 4.78 is 13.3. The number of amides is 2. The fourth-order valence-electron chi connectivity index (χ4n) is 12.7. The summed E-state index contributed by atoms with van der Waals surface area (Å²) >= 11 is 0. The highest BCUT2D eigenvalue weighted by molar-refractivity contribution is 6.10. The molecule has 3 N–H and O–H groups in total. The summed E-state index contributed by atoms with van der Waals surface area (Å²) in [5.74, 6) is -6.54. The van der Waals surface area contributed by atoms with Gasteiger partial charge in [0.05, 0.1) is 6.10 Å². The third kappa shape index (κ3) is 6.80. The summed E-state index contributed by atoms with van der Waals surface area (Å²) in [4.78, 5) is 74.7. The van der Waals surface area contributed by atoms with Crippen LogP contribution in [-0.2, 0) is 33.4 Å². The Kier molecular flexibility index (Phi) is 11.5. The van der Waals surface area contributed by atoms with E-state index in [-0.39, 0.29) is 78.5 Å². The summed E-state index contributed by atoms with van der Waals surface area (Å²) in [6.45, 7) is 20.8. The van der Waals surface area contributed by atoms with Crippen LogP contribution in [0.1, 0.15) is 127 Å². The molecule has 5 aliphatic heterocycles. The second kappa shape index (κ2) is 15.6. The smallest absolute Gasteiger partial charge is 0.323 e. The number of allylic oxidation sites excluding steroid dienone is 8. The van der Waals surface area contributed by atoms with Gasteiger partial charge in [-0.2, -0.15) is 0 Å². The number of rotatable bonds is 4. The molecular weight excluding hydrogens is 733 g/mol. The molecule has 58 heavy (non-hydrogen) atoms. The predicted molar refractivity (Wildman–Crippen MR) is 220 cm³/mol. The van der Waals surface area contributed by atoms with Crippen LogP contribution >= 0.6 is 0 Å². The number of aliphatic hydroxyl groups is 1. The minimum Gasteiger partial charge on any atom is -0.458 e. The number of esters is 1. The summed E-state index contributed by atoms with van der Waals surface area (Å²) in [6, 6.07) is -0.475. The summed E-state index contributed by atoms with van der Waals surface area (Å²) in [7, 11) is 0. The average Bonchev–Trinajstić information content (AvgIpc) is 3.58. The third-order valence-electron chi connectivity index (χ3n) is 15.6. The lowest BCUT2D eigenvalue weighted by Gasteiger charge is -2.49. The molecular formula is C48H68N2O8. The van der Waals surface area contributed by atoms with Gasteiger partial charge >= 0.3 is 5.97 Å². The average molecular weight is 801 g/mol. The highest BCUT2D eigenvalue weighted by Gasteiger charge is 2.69. The van der Waals surface area contributed by atoms with E-state index in [0.29, 0.717) is 32.1 Å². The molecule has 5 heterocycles. The first-order valence-electron chi connectivity index (χ1n) is 22.3. The summed E-state index contributed by atoms with van der Waals surface area (Å²) in [5, 5.41) is 18.8. The van der Waals surface area contributed by atoms with Crippen molar-refractivity contribution in [3.05, 3.63) is 46.6 Å². The quantitative estimate of drug-likeness (QED) is 0.155. The van der Waals surface area contributed by atoms with Gasteiger partial charge in [-0.05, 0) is 89.9 Å². The van der Waals surface area contributed by atoms with E-state index in [1.54, 1.807) is 0 Å². The Bertz CT molecular complexity index is 1860. The lowest BCUT2D eigenvalue weighted by molar-refractivity contribution is -0.281. The molecule has 3 saturated heterocycles. The lowest BCUT2D eigenvalue weighted by Crippen LogP contribution is -2.60. The molecule has 4 bridgehead atoms. The Morgan fingerprint density at radius 1 is 0.724 bits per heavy atom. The Balaban J connectivity index is 1.39. The van der Waals surface area contributed by atoms with Crippen LogP contribution in [0.2, 0.25) is 0 Å². The van der Waals surface area contributed by atoms with Crippen LogP contribution in [0, 0.1) is 64.1 Å². The minimum atomic E-state index is -2.22. The molecule has 0 saturated carbocycles. The van der Waals surface area contributed by atoms with Gasteiger partial charge in [0.25, 0.3) is 0 Å². The maximum Gasteiger partial charge on any atom is 0.323 e. The van der Waals surface area contributed by atoms with E-state index in [4.69, 9.17) is 9.47 Å². The topological polar surface area (TPSA) is 148 Å². The van der Waals surface area contributed by atoms with Gasteiger partial charge in [-0.3, -0.25) is 24.0 Å². The zero-order valence-corrected chi connectivity index (χ0v) is 36.5.